The lowest BCUT2D eigenvalue weighted by molar-refractivity contribution is -0.136. The Balaban J connectivity index is 1.06. The fourth-order valence-corrected chi connectivity index (χ4v) is 6.31. The zero-order valence-electron chi connectivity index (χ0n) is 22.9. The van der Waals surface area contributed by atoms with Crippen LogP contribution in [0.25, 0.3) is 0 Å². The zero-order chi connectivity index (χ0) is 28.5. The third kappa shape index (κ3) is 8.01. The molecule has 2 aromatic rings. The number of rotatable bonds is 13. The van der Waals surface area contributed by atoms with Gasteiger partial charge in [-0.15, -0.1) is 11.8 Å². The molecule has 0 aliphatic carbocycles. The summed E-state index contributed by atoms with van der Waals surface area (Å²) in [6.07, 6.45) is 8.43. The molecule has 1 fully saturated rings. The van der Waals surface area contributed by atoms with E-state index in [1.54, 1.807) is 22.7 Å². The summed E-state index contributed by atoms with van der Waals surface area (Å²) < 4.78 is 0. The maximum atomic E-state index is 13.0. The van der Waals surface area contributed by atoms with E-state index in [1.807, 2.05) is 31.2 Å². The zero-order valence-corrected chi connectivity index (χ0v) is 24.5. The highest BCUT2D eigenvalue weighted by Gasteiger charge is 2.39. The molecule has 214 valence electrons. The number of nitrogens with zero attached hydrogens (tertiary/aromatic N) is 1. The van der Waals surface area contributed by atoms with Crippen molar-refractivity contribution in [1.82, 2.24) is 15.5 Å². The summed E-state index contributed by atoms with van der Waals surface area (Å²) in [5.74, 6) is 0.203. The SMILES string of the molecule is Cc1ccc(NC(=O)NCCCCCCCCCSc2cccc3c2CN(C2CCC(=O)NC2=O)C3=O)cc1Cl. The van der Waals surface area contributed by atoms with Crippen molar-refractivity contribution in [2.24, 2.45) is 0 Å². The van der Waals surface area contributed by atoms with E-state index in [2.05, 4.69) is 22.0 Å². The minimum Gasteiger partial charge on any atom is -0.338 e. The number of benzene rings is 2. The lowest BCUT2D eigenvalue weighted by atomic mass is 10.0. The first kappa shape index (κ1) is 29.9. The average molecular weight is 585 g/mol. The van der Waals surface area contributed by atoms with Gasteiger partial charge < -0.3 is 15.5 Å². The maximum absolute atomic E-state index is 13.0. The smallest absolute Gasteiger partial charge is 0.319 e. The van der Waals surface area contributed by atoms with Crippen LogP contribution in [0.15, 0.2) is 41.3 Å². The molecule has 1 unspecified atom stereocenters. The highest BCUT2D eigenvalue weighted by atomic mass is 35.5. The molecule has 0 saturated carbocycles. The quantitative estimate of drug-likeness (QED) is 0.151. The molecule has 0 radical (unpaired) electrons. The molecule has 40 heavy (non-hydrogen) atoms. The van der Waals surface area contributed by atoms with E-state index in [0.29, 0.717) is 35.8 Å². The molecule has 0 spiro atoms. The van der Waals surface area contributed by atoms with Gasteiger partial charge in [-0.1, -0.05) is 55.8 Å². The van der Waals surface area contributed by atoms with E-state index < -0.39 is 6.04 Å². The van der Waals surface area contributed by atoms with Crippen molar-refractivity contribution in [3.63, 3.8) is 0 Å². The number of piperidine rings is 1. The van der Waals surface area contributed by atoms with Crippen LogP contribution in [0.5, 0.6) is 0 Å². The molecule has 2 aromatic carbocycles. The van der Waals surface area contributed by atoms with E-state index in [4.69, 9.17) is 11.6 Å². The lowest BCUT2D eigenvalue weighted by Crippen LogP contribution is -2.52. The Morgan fingerprint density at radius 2 is 1.80 bits per heavy atom. The van der Waals surface area contributed by atoms with Crippen molar-refractivity contribution in [1.29, 1.82) is 0 Å². The number of carbonyl (C=O) groups excluding carboxylic acids is 4. The molecule has 0 bridgehead atoms. The highest BCUT2D eigenvalue weighted by molar-refractivity contribution is 7.99. The van der Waals surface area contributed by atoms with Gasteiger partial charge in [0.25, 0.3) is 5.91 Å². The minimum atomic E-state index is -0.582. The number of thioether (sulfide) groups is 1. The number of halogens is 1. The largest absolute Gasteiger partial charge is 0.338 e. The Hall–Kier alpha value is -3.04. The van der Waals surface area contributed by atoms with Crippen LogP contribution < -0.4 is 16.0 Å². The first-order valence-electron chi connectivity index (χ1n) is 14.0. The van der Waals surface area contributed by atoms with Crippen molar-refractivity contribution in [2.75, 3.05) is 17.6 Å². The Morgan fingerprint density at radius 3 is 2.55 bits per heavy atom. The van der Waals surface area contributed by atoms with Gasteiger partial charge in [0.1, 0.15) is 6.04 Å². The first-order chi connectivity index (χ1) is 19.3. The number of amides is 5. The summed E-state index contributed by atoms with van der Waals surface area (Å²) in [7, 11) is 0. The molecule has 0 aromatic heterocycles. The van der Waals surface area contributed by atoms with Crippen molar-refractivity contribution in [3.05, 3.63) is 58.1 Å². The molecule has 10 heteroatoms. The third-order valence-electron chi connectivity index (χ3n) is 7.33. The topological polar surface area (TPSA) is 108 Å². The number of anilines is 1. The van der Waals surface area contributed by atoms with Crippen molar-refractivity contribution < 1.29 is 19.2 Å². The average Bonchev–Trinajstić information content (AvgIpc) is 3.26. The fraction of sp³-hybridized carbons (Fsp3) is 0.467. The predicted octanol–water partition coefficient (Wildman–Crippen LogP) is 6.05. The second-order valence-corrected chi connectivity index (χ2v) is 11.9. The molecular weight excluding hydrogens is 548 g/mol. The van der Waals surface area contributed by atoms with Crippen LogP contribution in [-0.2, 0) is 16.1 Å². The Bertz CT molecular complexity index is 1250. The first-order valence-corrected chi connectivity index (χ1v) is 15.4. The normalized spacial score (nSPS) is 16.6. The Morgan fingerprint density at radius 1 is 1.05 bits per heavy atom. The van der Waals surface area contributed by atoms with E-state index in [9.17, 15) is 19.2 Å². The summed E-state index contributed by atoms with van der Waals surface area (Å²) >= 11 is 7.87. The second kappa shape index (κ2) is 14.6. The molecule has 2 aliphatic heterocycles. The van der Waals surface area contributed by atoms with Gasteiger partial charge in [0.15, 0.2) is 0 Å². The number of nitrogens with one attached hydrogen (secondary N) is 3. The third-order valence-corrected chi connectivity index (χ3v) is 8.93. The van der Waals surface area contributed by atoms with Crippen LogP contribution in [0.2, 0.25) is 5.02 Å². The molecule has 1 saturated heterocycles. The molecule has 4 rings (SSSR count). The van der Waals surface area contributed by atoms with E-state index in [0.717, 1.165) is 53.9 Å². The summed E-state index contributed by atoms with van der Waals surface area (Å²) in [6.45, 7) is 2.99. The number of fused-ring (bicyclic) bond motifs is 1. The van der Waals surface area contributed by atoms with E-state index in [1.165, 1.54) is 12.8 Å². The Labute approximate surface area is 245 Å². The van der Waals surface area contributed by atoms with Crippen LogP contribution >= 0.6 is 23.4 Å². The number of unbranched alkanes of at least 4 members (excludes halogenated alkanes) is 6. The monoisotopic (exact) mass is 584 g/mol. The van der Waals surface area contributed by atoms with Crippen LogP contribution in [0.4, 0.5) is 10.5 Å². The fourth-order valence-electron chi connectivity index (χ4n) is 5.03. The second-order valence-electron chi connectivity index (χ2n) is 10.4. The Kier molecular flexibility index (Phi) is 10.9. The summed E-state index contributed by atoms with van der Waals surface area (Å²) in [4.78, 5) is 51.5. The number of carbonyl (C=O) groups is 4. The molecule has 8 nitrogen and oxygen atoms in total. The van der Waals surface area contributed by atoms with Crippen LogP contribution in [0.3, 0.4) is 0 Å². The lowest BCUT2D eigenvalue weighted by Gasteiger charge is -2.29. The summed E-state index contributed by atoms with van der Waals surface area (Å²) in [5.41, 5.74) is 3.32. The number of imide groups is 1. The van der Waals surface area contributed by atoms with Gasteiger partial charge in [-0.25, -0.2) is 4.79 Å². The standard InChI is InChI=1S/C30H37ClN4O4S/c1-20-12-13-21(18-24(20)31)33-30(39)32-16-7-5-3-2-4-6-8-17-40-26-11-9-10-22-23(26)19-35(29(22)38)25-14-15-27(36)34-28(25)37/h9-13,18,25H,2-8,14-17,19H2,1H3,(H2,32,33,39)(H,34,36,37). The number of hydrogen-bond acceptors (Lipinski definition) is 5. The summed E-state index contributed by atoms with van der Waals surface area (Å²) in [6, 6.07) is 10.5. The van der Waals surface area contributed by atoms with Crippen LogP contribution in [0, 0.1) is 6.92 Å². The van der Waals surface area contributed by atoms with Gasteiger partial charge >= 0.3 is 6.03 Å². The van der Waals surface area contributed by atoms with Crippen molar-refractivity contribution in [2.45, 2.75) is 82.2 Å². The predicted molar refractivity (Wildman–Crippen MR) is 159 cm³/mol. The molecular formula is C30H37ClN4O4S. The molecule has 1 atom stereocenters. The maximum Gasteiger partial charge on any atom is 0.319 e. The summed E-state index contributed by atoms with van der Waals surface area (Å²) in [5, 5.41) is 8.69. The van der Waals surface area contributed by atoms with E-state index in [-0.39, 0.29) is 30.2 Å². The molecule has 5 amide bonds. The van der Waals surface area contributed by atoms with Gasteiger partial charge in [0.05, 0.1) is 0 Å². The van der Waals surface area contributed by atoms with Gasteiger partial charge in [0.2, 0.25) is 11.8 Å². The van der Waals surface area contributed by atoms with Gasteiger partial charge in [-0.2, -0.15) is 0 Å². The highest BCUT2D eigenvalue weighted by Crippen LogP contribution is 2.34. The minimum absolute atomic E-state index is 0.126. The molecule has 2 aliphatic rings. The molecule has 2 heterocycles. The number of aryl methyl sites for hydroxylation is 1. The van der Waals surface area contributed by atoms with Gasteiger partial charge in [0, 0.05) is 40.7 Å². The van der Waals surface area contributed by atoms with Gasteiger partial charge in [-0.3, -0.25) is 19.7 Å². The van der Waals surface area contributed by atoms with Crippen molar-refractivity contribution in [3.8, 4) is 0 Å². The van der Waals surface area contributed by atoms with Gasteiger partial charge in [-0.05, 0) is 67.3 Å². The molecule has 3 N–H and O–H groups in total. The number of urea groups is 1. The van der Waals surface area contributed by atoms with Crippen LogP contribution in [-0.4, -0.2) is 47.0 Å². The van der Waals surface area contributed by atoms with Crippen LogP contribution in [0.1, 0.15) is 79.3 Å². The van der Waals surface area contributed by atoms with Crippen molar-refractivity contribution >= 4 is 52.8 Å². The number of hydrogen-bond donors (Lipinski definition) is 3. The van der Waals surface area contributed by atoms with E-state index >= 15 is 0 Å².